The van der Waals surface area contributed by atoms with Crippen LogP contribution in [0.4, 0.5) is 0 Å². The molecule has 1 aromatic rings. The lowest BCUT2D eigenvalue weighted by atomic mass is 10.1. The second-order valence-electron chi connectivity index (χ2n) is 7.34. The zero-order chi connectivity index (χ0) is 18.1. The summed E-state index contributed by atoms with van der Waals surface area (Å²) < 4.78 is 17.7. The summed E-state index contributed by atoms with van der Waals surface area (Å²) in [5.74, 6) is -0.456. The maximum absolute atomic E-state index is 6.23. The molecule has 1 aromatic carbocycles. The van der Waals surface area contributed by atoms with Crippen LogP contribution in [0.1, 0.15) is 51.0 Å². The van der Waals surface area contributed by atoms with Crippen molar-refractivity contribution in [3.63, 3.8) is 0 Å². The number of hydrogen-bond acceptors (Lipinski definition) is 4. The summed E-state index contributed by atoms with van der Waals surface area (Å²) >= 11 is 0. The Morgan fingerprint density at radius 1 is 1.15 bits per heavy atom. The smallest absolute Gasteiger partial charge is 0.189 e. The Morgan fingerprint density at radius 3 is 2.73 bits per heavy atom. The van der Waals surface area contributed by atoms with E-state index in [0.29, 0.717) is 32.0 Å². The van der Waals surface area contributed by atoms with Crippen molar-refractivity contribution in [1.82, 2.24) is 5.32 Å². The van der Waals surface area contributed by atoms with E-state index in [0.717, 1.165) is 25.8 Å². The monoisotopic (exact) mass is 359 g/mol. The Morgan fingerprint density at radius 2 is 1.96 bits per heavy atom. The molecule has 144 valence electrons. The van der Waals surface area contributed by atoms with Crippen molar-refractivity contribution in [2.45, 2.75) is 70.0 Å². The minimum Gasteiger partial charge on any atom is -0.373 e. The van der Waals surface area contributed by atoms with Gasteiger partial charge in [-0.2, -0.15) is 0 Å². The molecule has 4 heteroatoms. The molecule has 1 N–H and O–H groups in total. The van der Waals surface area contributed by atoms with Crippen molar-refractivity contribution in [2.24, 2.45) is 0 Å². The van der Waals surface area contributed by atoms with Gasteiger partial charge in [-0.05, 0) is 31.0 Å². The van der Waals surface area contributed by atoms with E-state index in [4.69, 9.17) is 14.2 Å². The van der Waals surface area contributed by atoms with Crippen LogP contribution in [-0.2, 0) is 20.8 Å². The van der Waals surface area contributed by atoms with Gasteiger partial charge in [0.1, 0.15) is 0 Å². The Kier molecular flexibility index (Phi) is 7.69. The third-order valence-electron chi connectivity index (χ3n) is 5.19. The lowest BCUT2D eigenvalue weighted by molar-refractivity contribution is -0.117. The maximum atomic E-state index is 6.23. The number of nitrogens with one attached hydrogen (secondary N) is 1. The molecule has 1 spiro atoms. The van der Waals surface area contributed by atoms with E-state index in [-0.39, 0.29) is 0 Å². The third-order valence-corrected chi connectivity index (χ3v) is 5.19. The number of ether oxygens (including phenoxy) is 3. The Hall–Kier alpha value is -1.20. The van der Waals surface area contributed by atoms with Gasteiger partial charge in [0.05, 0.1) is 25.9 Å². The normalized spacial score (nSPS) is 22.3. The second kappa shape index (κ2) is 10.2. The highest BCUT2D eigenvalue weighted by Crippen LogP contribution is 2.31. The molecule has 0 aromatic heterocycles. The average Bonchev–Trinajstić information content (AvgIpc) is 3.30. The van der Waals surface area contributed by atoms with E-state index in [1.165, 1.54) is 24.8 Å². The highest BCUT2D eigenvalue weighted by Gasteiger charge is 2.39. The van der Waals surface area contributed by atoms with Gasteiger partial charge in [-0.25, -0.2) is 0 Å². The summed E-state index contributed by atoms with van der Waals surface area (Å²) in [6.07, 6.45) is 11.4. The quantitative estimate of drug-likeness (QED) is 0.475. The summed E-state index contributed by atoms with van der Waals surface area (Å²) in [7, 11) is 0. The molecule has 2 aliphatic rings. The Balaban J connectivity index is 1.39. The van der Waals surface area contributed by atoms with Crippen molar-refractivity contribution >= 4 is 0 Å². The number of hydrogen-bond donors (Lipinski definition) is 1. The van der Waals surface area contributed by atoms with Crippen LogP contribution < -0.4 is 5.32 Å². The number of benzene rings is 1. The first-order valence-corrected chi connectivity index (χ1v) is 10.2. The van der Waals surface area contributed by atoms with Crippen LogP contribution in [0.3, 0.4) is 0 Å². The van der Waals surface area contributed by atoms with Crippen molar-refractivity contribution < 1.29 is 14.2 Å². The molecule has 1 fully saturated rings. The largest absolute Gasteiger partial charge is 0.373 e. The molecular weight excluding hydrogens is 326 g/mol. The van der Waals surface area contributed by atoms with Gasteiger partial charge >= 0.3 is 0 Å². The molecule has 0 radical (unpaired) electrons. The minimum atomic E-state index is -0.456. The summed E-state index contributed by atoms with van der Waals surface area (Å²) in [5, 5.41) is 3.63. The van der Waals surface area contributed by atoms with Crippen LogP contribution in [0.2, 0.25) is 0 Å². The minimum absolute atomic E-state index is 0.313. The maximum Gasteiger partial charge on any atom is 0.189 e. The molecule has 2 unspecified atom stereocenters. The predicted molar refractivity (Wildman–Crippen MR) is 104 cm³/mol. The molecule has 0 bridgehead atoms. The van der Waals surface area contributed by atoms with Crippen LogP contribution in [-0.4, -0.2) is 37.7 Å². The first-order valence-electron chi connectivity index (χ1n) is 10.2. The SMILES string of the molecule is CCCCCC(CCNC1C=CC2(C1)OCCO2)OCc1ccccc1. The number of rotatable bonds is 11. The summed E-state index contributed by atoms with van der Waals surface area (Å²) in [6.45, 7) is 5.30. The first kappa shape index (κ1) is 19.6. The van der Waals surface area contributed by atoms with E-state index >= 15 is 0 Å². The van der Waals surface area contributed by atoms with Crippen molar-refractivity contribution in [3.05, 3.63) is 48.0 Å². The van der Waals surface area contributed by atoms with Gasteiger partial charge in [-0.1, -0.05) is 62.6 Å². The number of unbranched alkanes of at least 4 members (excludes halogenated alkanes) is 2. The second-order valence-corrected chi connectivity index (χ2v) is 7.34. The molecule has 26 heavy (non-hydrogen) atoms. The van der Waals surface area contributed by atoms with Crippen LogP contribution >= 0.6 is 0 Å². The van der Waals surface area contributed by atoms with Gasteiger partial charge in [-0.15, -0.1) is 0 Å². The molecule has 4 nitrogen and oxygen atoms in total. The molecule has 1 saturated heterocycles. The van der Waals surface area contributed by atoms with Gasteiger partial charge < -0.3 is 19.5 Å². The molecular formula is C22H33NO3. The van der Waals surface area contributed by atoms with Crippen LogP contribution in [0.15, 0.2) is 42.5 Å². The fourth-order valence-electron chi connectivity index (χ4n) is 3.68. The zero-order valence-electron chi connectivity index (χ0n) is 16.0. The summed E-state index contributed by atoms with van der Waals surface area (Å²) in [6, 6.07) is 10.8. The van der Waals surface area contributed by atoms with Gasteiger partial charge in [0.2, 0.25) is 0 Å². The standard InChI is InChI=1S/C22H33NO3/c1-2-3-5-10-21(24-18-19-8-6-4-7-9-19)12-14-23-20-11-13-22(17-20)25-15-16-26-22/h4,6-9,11,13,20-21,23H,2-3,5,10,12,14-18H2,1H3. The first-order chi connectivity index (χ1) is 12.8. The lowest BCUT2D eigenvalue weighted by Gasteiger charge is -2.23. The molecule has 3 rings (SSSR count). The van der Waals surface area contributed by atoms with E-state index in [9.17, 15) is 0 Å². The van der Waals surface area contributed by atoms with E-state index in [1.54, 1.807) is 0 Å². The summed E-state index contributed by atoms with van der Waals surface area (Å²) in [5.41, 5.74) is 1.25. The topological polar surface area (TPSA) is 39.7 Å². The molecule has 0 saturated carbocycles. The van der Waals surface area contributed by atoms with Crippen LogP contribution in [0.25, 0.3) is 0 Å². The highest BCUT2D eigenvalue weighted by molar-refractivity contribution is 5.14. The van der Waals surface area contributed by atoms with Gasteiger partial charge in [0, 0.05) is 12.5 Å². The molecule has 1 aliphatic carbocycles. The Labute approximate surface area is 157 Å². The lowest BCUT2D eigenvalue weighted by Crippen LogP contribution is -2.35. The van der Waals surface area contributed by atoms with Gasteiger partial charge in [-0.3, -0.25) is 0 Å². The molecule has 1 heterocycles. The molecule has 1 aliphatic heterocycles. The zero-order valence-corrected chi connectivity index (χ0v) is 16.0. The van der Waals surface area contributed by atoms with Crippen molar-refractivity contribution in [3.8, 4) is 0 Å². The van der Waals surface area contributed by atoms with Crippen LogP contribution in [0, 0.1) is 0 Å². The van der Waals surface area contributed by atoms with E-state index < -0.39 is 5.79 Å². The van der Waals surface area contributed by atoms with Gasteiger partial charge in [0.25, 0.3) is 0 Å². The predicted octanol–water partition coefficient (Wildman–Crippen LogP) is 4.20. The van der Waals surface area contributed by atoms with E-state index in [1.807, 2.05) is 6.07 Å². The summed E-state index contributed by atoms with van der Waals surface area (Å²) in [4.78, 5) is 0. The third kappa shape index (κ3) is 5.92. The average molecular weight is 360 g/mol. The van der Waals surface area contributed by atoms with Crippen molar-refractivity contribution in [2.75, 3.05) is 19.8 Å². The highest BCUT2D eigenvalue weighted by atomic mass is 16.7. The van der Waals surface area contributed by atoms with Crippen molar-refractivity contribution in [1.29, 1.82) is 0 Å². The van der Waals surface area contributed by atoms with Gasteiger partial charge in [0.15, 0.2) is 5.79 Å². The molecule has 0 amide bonds. The fraction of sp³-hybridized carbons (Fsp3) is 0.636. The Bertz CT molecular complexity index is 540. The fourth-order valence-corrected chi connectivity index (χ4v) is 3.68. The molecule has 2 atom stereocenters. The van der Waals surface area contributed by atoms with Crippen LogP contribution in [0.5, 0.6) is 0 Å². The van der Waals surface area contributed by atoms with E-state index in [2.05, 4.69) is 48.7 Å².